The molecular formula is C58H95N19O25S3. The van der Waals surface area contributed by atoms with E-state index in [4.69, 9.17) is 33.8 Å². The van der Waals surface area contributed by atoms with Gasteiger partial charge in [0.25, 0.3) is 0 Å². The van der Waals surface area contributed by atoms with E-state index in [1.54, 1.807) is 13.2 Å². The van der Waals surface area contributed by atoms with Crippen LogP contribution in [0.5, 0.6) is 0 Å². The number of amides is 18. The van der Waals surface area contributed by atoms with Crippen molar-refractivity contribution >= 4 is 155 Å². The van der Waals surface area contributed by atoms with Crippen molar-refractivity contribution in [3.8, 4) is 0 Å². The normalized spacial score (nSPS) is 16.4. The number of aliphatic hydroxyl groups is 3. The Bertz CT molecular complexity index is 3160. The number of carboxylic acids is 2. The summed E-state index contributed by atoms with van der Waals surface area (Å²) in [5.74, 6) is -25.2. The Morgan fingerprint density at radius 1 is 0.476 bits per heavy atom. The number of primary amides is 4. The SMILES string of the molecule is CC[C@H](C)[C@H](NC(=O)[C@H](CCC(N)=O)NC(=O)[C@H](CS)NC(=O)CNC(=O)[C@H](CCSC)NC(=O)[C@H](CC(N)=O)NC(=O)[C@H](CCC(N)=O)NC(=O)[C@H](CO)NC(=O)[C@@H](N)[C@@H](C)O)C(=O)N[C@@H](CO)C(=O)N[C@@H](CC(=O)O)C(=O)N[C@@H](CC(N)=O)C(=O)N1CCC[C@H]1C(=O)N[C@@H](CS)C(=O)NCC(=O)O. The predicted octanol–water partition coefficient (Wildman–Crippen LogP) is -13.3. The molecule has 18 amide bonds. The van der Waals surface area contributed by atoms with Crippen molar-refractivity contribution in [2.24, 2.45) is 34.6 Å². The predicted molar refractivity (Wildman–Crippen MR) is 370 cm³/mol. The topological polar surface area (TPSA) is 732 Å². The van der Waals surface area contributed by atoms with Crippen LogP contribution in [0.4, 0.5) is 0 Å². The van der Waals surface area contributed by atoms with Crippen molar-refractivity contribution in [3.05, 3.63) is 0 Å². The summed E-state index contributed by atoms with van der Waals surface area (Å²) in [5, 5.41) is 77.3. The molecule has 1 aliphatic heterocycles. The van der Waals surface area contributed by atoms with Gasteiger partial charge in [-0.2, -0.15) is 37.0 Å². The molecule has 0 unspecified atom stereocenters. The molecule has 0 bridgehead atoms. The van der Waals surface area contributed by atoms with E-state index in [2.05, 4.69) is 89.1 Å². The summed E-state index contributed by atoms with van der Waals surface area (Å²) in [6, 6.07) is -22.4. The van der Waals surface area contributed by atoms with Crippen LogP contribution >= 0.6 is 37.0 Å². The molecular weight excluding hydrogens is 1460 g/mol. The van der Waals surface area contributed by atoms with Gasteiger partial charge in [0.05, 0.1) is 45.1 Å². The number of thioether (sulfide) groups is 1. The largest absolute Gasteiger partial charge is 0.481 e. The lowest BCUT2D eigenvalue weighted by atomic mass is 9.97. The zero-order valence-electron chi connectivity index (χ0n) is 57.6. The fourth-order valence-corrected chi connectivity index (χ4v) is 10.5. The number of carbonyl (C=O) groups excluding carboxylic acids is 18. The average Bonchev–Trinajstić information content (AvgIpc) is 1.74. The lowest BCUT2D eigenvalue weighted by molar-refractivity contribution is -0.144. The molecule has 1 saturated heterocycles. The Balaban J connectivity index is 3.37. The van der Waals surface area contributed by atoms with Gasteiger partial charge in [-0.1, -0.05) is 20.3 Å². The molecule has 0 aliphatic carbocycles. The van der Waals surface area contributed by atoms with Crippen LogP contribution in [-0.4, -0.2) is 290 Å². The monoisotopic (exact) mass is 1550 g/mol. The number of aliphatic hydroxyl groups excluding tert-OH is 3. The molecule has 1 heterocycles. The van der Waals surface area contributed by atoms with Gasteiger partial charge >= 0.3 is 11.9 Å². The Kier molecular flexibility index (Phi) is 42.3. The van der Waals surface area contributed by atoms with Gasteiger partial charge in [-0.05, 0) is 57.0 Å². The van der Waals surface area contributed by atoms with Gasteiger partial charge in [0.2, 0.25) is 106 Å². The lowest BCUT2D eigenvalue weighted by Gasteiger charge is -2.30. The molecule has 1 rings (SSSR count). The first-order chi connectivity index (χ1) is 49.2. The maximum absolute atomic E-state index is 14.1. The zero-order chi connectivity index (χ0) is 80.1. The number of nitrogens with two attached hydrogens (primary N) is 5. The second-order valence-electron chi connectivity index (χ2n) is 23.8. The third-order valence-corrected chi connectivity index (χ3v) is 16.9. The summed E-state index contributed by atoms with van der Waals surface area (Å²) in [5.41, 5.74) is 27.0. The van der Waals surface area contributed by atoms with Crippen LogP contribution in [0, 0.1) is 5.92 Å². The van der Waals surface area contributed by atoms with Crippen LogP contribution in [0.2, 0.25) is 0 Å². The number of carbonyl (C=O) groups is 20. The summed E-state index contributed by atoms with van der Waals surface area (Å²) in [7, 11) is 0. The number of nitrogens with one attached hydrogen (secondary N) is 13. The van der Waals surface area contributed by atoms with Gasteiger partial charge < -0.3 is 128 Å². The number of hydrogen-bond donors (Lipinski definition) is 25. The minimum atomic E-state index is -2.15. The maximum atomic E-state index is 14.1. The van der Waals surface area contributed by atoms with Crippen LogP contribution < -0.4 is 97.8 Å². The van der Waals surface area contributed by atoms with Crippen LogP contribution in [-0.2, 0) is 95.9 Å². The fraction of sp³-hybridized carbons (Fsp3) is 0.655. The highest BCUT2D eigenvalue weighted by atomic mass is 32.2. The summed E-state index contributed by atoms with van der Waals surface area (Å²) in [6.07, 6.45) is -5.03. The van der Waals surface area contributed by atoms with E-state index in [1.807, 2.05) is 5.32 Å². The zero-order valence-corrected chi connectivity index (χ0v) is 60.2. The maximum Gasteiger partial charge on any atom is 0.322 e. The second-order valence-corrected chi connectivity index (χ2v) is 25.5. The molecule has 0 spiro atoms. The third kappa shape index (κ3) is 33.7. The quantitative estimate of drug-likeness (QED) is 0.0252. The minimum Gasteiger partial charge on any atom is -0.481 e. The second kappa shape index (κ2) is 47.6. The fourth-order valence-electron chi connectivity index (χ4n) is 9.52. The minimum absolute atomic E-state index is 0.0133. The molecule has 0 aromatic carbocycles. The first-order valence-electron chi connectivity index (χ1n) is 32.3. The lowest BCUT2D eigenvalue weighted by Crippen LogP contribution is -2.62. The molecule has 105 heavy (non-hydrogen) atoms. The van der Waals surface area contributed by atoms with Gasteiger partial charge in [-0.15, -0.1) is 0 Å². The van der Waals surface area contributed by atoms with Crippen molar-refractivity contribution in [3.63, 3.8) is 0 Å². The molecule has 0 aromatic rings. The van der Waals surface area contributed by atoms with Gasteiger partial charge in [-0.3, -0.25) is 95.9 Å². The number of carboxylic acid groups (broad SMARTS) is 2. The van der Waals surface area contributed by atoms with E-state index >= 15 is 0 Å². The van der Waals surface area contributed by atoms with E-state index < -0.39 is 286 Å². The molecule has 28 N–H and O–H groups in total. The van der Waals surface area contributed by atoms with Crippen molar-refractivity contribution in [2.45, 2.75) is 176 Å². The van der Waals surface area contributed by atoms with Crippen molar-refractivity contribution in [2.75, 3.05) is 56.4 Å². The molecule has 15 atom stereocenters. The van der Waals surface area contributed by atoms with Crippen LogP contribution in [0.3, 0.4) is 0 Å². The standard InChI is InChI=1S/C58H95N19O25S3/c1-5-24(2)45(57(101)74-33(21-79)53(97)71-30(17-42(86)87)51(95)72-31(16-40(62)84)58(102)77-13-6-7-36(77)55(99)75-34(22-103)47(91)65-19-43(88)89)76-49(93)27(9-11-38(60)82)68-54(98)35(23-104)66-41(85)18-64-46(90)28(12-14-105-4)69-50(94)29(15-39(61)83)70-48(92)26(8-10-37(59)81)67-52(96)32(20-78)73-56(100)44(63)25(3)80/h24-36,44-45,78-80,103-104H,5-23,63H2,1-4H3,(H2,59,81)(H2,60,82)(H2,61,83)(H2,62,84)(H,64,90)(H,65,91)(H,66,85)(H,67,96)(H,68,98)(H,69,94)(H,70,92)(H,71,97)(H,72,95)(H,73,100)(H,74,101)(H,75,99)(H,76,93)(H,86,87)(H,88,89)/t24-,25+,26-,27-,28-,29-,30-,31-,32-,33-,34-,35-,36-,44-,45-/m0/s1. The Morgan fingerprint density at radius 3 is 1.32 bits per heavy atom. The van der Waals surface area contributed by atoms with E-state index in [-0.39, 0.29) is 43.7 Å². The number of rotatable bonds is 50. The molecule has 1 aliphatic rings. The number of likely N-dealkylation sites (tertiary alicyclic amines) is 1. The van der Waals surface area contributed by atoms with Crippen molar-refractivity contribution < 1.29 is 121 Å². The van der Waals surface area contributed by atoms with Gasteiger partial charge in [0, 0.05) is 30.9 Å². The summed E-state index contributed by atoms with van der Waals surface area (Å²) in [4.78, 5) is 262. The van der Waals surface area contributed by atoms with E-state index in [9.17, 15) is 116 Å². The molecule has 590 valence electrons. The Labute approximate surface area is 615 Å². The Hall–Kier alpha value is -9.71. The third-order valence-electron chi connectivity index (χ3n) is 15.5. The summed E-state index contributed by atoms with van der Waals surface area (Å²) < 4.78 is 0. The number of hydrogen-bond acceptors (Lipinski definition) is 27. The average molecular weight is 1550 g/mol. The van der Waals surface area contributed by atoms with Crippen LogP contribution in [0.25, 0.3) is 0 Å². The Morgan fingerprint density at radius 2 is 0.876 bits per heavy atom. The highest BCUT2D eigenvalue weighted by molar-refractivity contribution is 7.98. The number of thiol groups is 2. The molecule has 1 fully saturated rings. The van der Waals surface area contributed by atoms with E-state index in [0.717, 1.165) is 4.90 Å². The van der Waals surface area contributed by atoms with Crippen molar-refractivity contribution in [1.82, 2.24) is 74.0 Å². The molecule has 0 aromatic heterocycles. The highest BCUT2D eigenvalue weighted by Gasteiger charge is 2.42. The molecule has 47 heteroatoms. The molecule has 0 saturated carbocycles. The van der Waals surface area contributed by atoms with Crippen LogP contribution in [0.15, 0.2) is 0 Å². The first-order valence-corrected chi connectivity index (χ1v) is 35.0. The van der Waals surface area contributed by atoms with Gasteiger partial charge in [-0.25, -0.2) is 0 Å². The van der Waals surface area contributed by atoms with Crippen LogP contribution in [0.1, 0.15) is 91.4 Å². The molecule has 44 nitrogen and oxygen atoms in total. The number of nitrogens with zero attached hydrogens (tertiary/aromatic N) is 1. The van der Waals surface area contributed by atoms with Crippen molar-refractivity contribution in [1.29, 1.82) is 0 Å². The van der Waals surface area contributed by atoms with E-state index in [0.29, 0.717) is 0 Å². The summed E-state index contributed by atoms with van der Waals surface area (Å²) in [6.45, 7) is -0.0318. The van der Waals surface area contributed by atoms with Gasteiger partial charge in [0.1, 0.15) is 85.1 Å². The van der Waals surface area contributed by atoms with E-state index in [1.165, 1.54) is 25.6 Å². The number of aliphatic carboxylic acids is 2. The first kappa shape index (κ1) is 93.3. The van der Waals surface area contributed by atoms with Gasteiger partial charge in [0.15, 0.2) is 0 Å². The smallest absolute Gasteiger partial charge is 0.322 e. The molecule has 0 radical (unpaired) electrons. The summed E-state index contributed by atoms with van der Waals surface area (Å²) >= 11 is 9.33. The highest BCUT2D eigenvalue weighted by Crippen LogP contribution is 2.20.